The second-order valence-corrected chi connectivity index (χ2v) is 9.92. The van der Waals surface area contributed by atoms with Crippen molar-refractivity contribution in [3.63, 3.8) is 0 Å². The molecule has 2 aromatic heterocycles. The lowest BCUT2D eigenvalue weighted by molar-refractivity contribution is -0.697. The van der Waals surface area contributed by atoms with E-state index in [1.54, 1.807) is 0 Å². The molecule has 0 aromatic carbocycles. The summed E-state index contributed by atoms with van der Waals surface area (Å²) in [5.74, 6) is 0. The van der Waals surface area contributed by atoms with Crippen molar-refractivity contribution in [2.24, 2.45) is 0 Å². The molecule has 0 saturated carbocycles. The average Bonchev–Trinajstić information content (AvgIpc) is 2.60. The third-order valence-electron chi connectivity index (χ3n) is 5.35. The van der Waals surface area contributed by atoms with Crippen LogP contribution in [0, 0.1) is 0 Å². The molecule has 0 unspecified atom stereocenters. The molecule has 2 nitrogen and oxygen atoms in total. The van der Waals surface area contributed by atoms with Gasteiger partial charge in [-0.05, 0) is 34.8 Å². The second kappa shape index (κ2) is 12.8. The van der Waals surface area contributed by atoms with Gasteiger partial charge in [0.2, 0.25) is 0 Å². The molecule has 0 spiro atoms. The van der Waals surface area contributed by atoms with Gasteiger partial charge in [0.15, 0.2) is 24.8 Å². The van der Waals surface area contributed by atoms with Gasteiger partial charge in [-0.15, -0.1) is 0 Å². The van der Waals surface area contributed by atoms with Gasteiger partial charge in [0, 0.05) is 37.1 Å². The quantitative estimate of drug-likeness (QED) is 0.323. The lowest BCUT2D eigenvalue weighted by Gasteiger charge is -2.17. The van der Waals surface area contributed by atoms with Crippen LogP contribution in [0.3, 0.4) is 0 Å². The van der Waals surface area contributed by atoms with Crippen molar-refractivity contribution in [3.8, 4) is 0 Å². The summed E-state index contributed by atoms with van der Waals surface area (Å²) in [7, 11) is 0. The normalized spacial score (nSPS) is 11.5. The first-order valence-electron chi connectivity index (χ1n) is 10.7. The maximum Gasteiger partial charge on any atom is 0.169 e. The minimum atomic E-state index is 0. The predicted molar refractivity (Wildman–Crippen MR) is 114 cm³/mol. The zero-order valence-corrected chi connectivity index (χ0v) is 22.4. The molecule has 0 aliphatic carbocycles. The maximum absolute atomic E-state index is 2.32. The zero-order valence-electron chi connectivity index (χ0n) is 19.2. The number of nitrogens with zero attached hydrogens (tertiary/aromatic N) is 2. The van der Waals surface area contributed by atoms with Crippen LogP contribution >= 0.6 is 0 Å². The lowest BCUT2D eigenvalue weighted by atomic mass is 9.88. The van der Waals surface area contributed by atoms with Gasteiger partial charge < -0.3 is 34.0 Å². The highest BCUT2D eigenvalue weighted by molar-refractivity contribution is 5.18. The molecule has 0 bridgehead atoms. The van der Waals surface area contributed by atoms with Crippen molar-refractivity contribution >= 4 is 0 Å². The number of aryl methyl sites for hydroxylation is 2. The van der Waals surface area contributed by atoms with Gasteiger partial charge in [-0.1, -0.05) is 48.0 Å². The molecule has 29 heavy (non-hydrogen) atoms. The zero-order chi connectivity index (χ0) is 19.9. The van der Waals surface area contributed by atoms with Crippen molar-refractivity contribution in [1.82, 2.24) is 0 Å². The van der Waals surface area contributed by atoms with E-state index in [-0.39, 0.29) is 44.8 Å². The summed E-state index contributed by atoms with van der Waals surface area (Å²) >= 11 is 0. The number of hydrogen-bond acceptors (Lipinski definition) is 0. The molecule has 2 rings (SSSR count). The Morgan fingerprint density at radius 3 is 1.07 bits per heavy atom. The Labute approximate surface area is 200 Å². The molecule has 0 fully saturated rings. The molecule has 2 heterocycles. The van der Waals surface area contributed by atoms with Gasteiger partial charge in [-0.3, -0.25) is 0 Å². The molecule has 0 aliphatic rings. The van der Waals surface area contributed by atoms with Gasteiger partial charge >= 0.3 is 0 Å². The largest absolute Gasteiger partial charge is 1.00 e. The smallest absolute Gasteiger partial charge is 0.169 e. The molecule has 4 heteroatoms. The Morgan fingerprint density at radius 1 is 0.517 bits per heavy atom. The SMILES string of the molecule is CC(C)(C)c1cc[n+](CCCCCCC[n+]2ccc(C(C)(C)C)cc2)cc1.[Br-].[Br-]. The van der Waals surface area contributed by atoms with E-state index in [1.807, 2.05) is 0 Å². The minimum absolute atomic E-state index is 0. The van der Waals surface area contributed by atoms with Crippen LogP contribution in [-0.2, 0) is 23.9 Å². The third kappa shape index (κ3) is 10.2. The van der Waals surface area contributed by atoms with Crippen LogP contribution in [0.5, 0.6) is 0 Å². The summed E-state index contributed by atoms with van der Waals surface area (Å²) in [6, 6.07) is 9.06. The Bertz CT molecular complexity index is 619. The molecule has 0 saturated heterocycles. The fourth-order valence-electron chi connectivity index (χ4n) is 3.33. The monoisotopic (exact) mass is 526 g/mol. The molecule has 164 valence electrons. The Balaban J connectivity index is 0.00000392. The van der Waals surface area contributed by atoms with Crippen molar-refractivity contribution < 1.29 is 43.1 Å². The van der Waals surface area contributed by atoms with Gasteiger partial charge in [0.25, 0.3) is 0 Å². The van der Waals surface area contributed by atoms with Gasteiger partial charge in [-0.2, -0.15) is 0 Å². The highest BCUT2D eigenvalue weighted by Gasteiger charge is 2.15. The standard InChI is InChI=1S/C25H40N2.2BrH/c1-24(2,3)22-12-18-26(19-13-22)16-10-8-7-9-11-17-27-20-14-23(15-21-27)25(4,5)6;;/h12-15,18-21H,7-11,16-17H2,1-6H3;2*1H/q+2;;/p-2. The second-order valence-electron chi connectivity index (χ2n) is 9.92. The van der Waals surface area contributed by atoms with Crippen molar-refractivity contribution in [2.75, 3.05) is 0 Å². The third-order valence-corrected chi connectivity index (χ3v) is 5.35. The Kier molecular flexibility index (Phi) is 12.5. The first kappa shape index (κ1) is 28.3. The fourth-order valence-corrected chi connectivity index (χ4v) is 3.33. The van der Waals surface area contributed by atoms with E-state index < -0.39 is 0 Å². The molecular formula is C25H40Br2N2. The summed E-state index contributed by atoms with van der Waals surface area (Å²) in [6.07, 6.45) is 15.5. The summed E-state index contributed by atoms with van der Waals surface area (Å²) < 4.78 is 4.64. The van der Waals surface area contributed by atoms with E-state index in [4.69, 9.17) is 0 Å². The van der Waals surface area contributed by atoms with E-state index in [1.165, 1.54) is 43.2 Å². The van der Waals surface area contributed by atoms with E-state index in [0.29, 0.717) is 0 Å². The van der Waals surface area contributed by atoms with Crippen molar-refractivity contribution in [3.05, 3.63) is 60.2 Å². The fraction of sp³-hybridized carbons (Fsp3) is 0.600. The van der Waals surface area contributed by atoms with Crippen LogP contribution in [0.15, 0.2) is 49.1 Å². The first-order valence-corrected chi connectivity index (χ1v) is 10.7. The summed E-state index contributed by atoms with van der Waals surface area (Å²) in [4.78, 5) is 0. The van der Waals surface area contributed by atoms with Crippen molar-refractivity contribution in [2.45, 2.75) is 97.6 Å². The predicted octanol–water partition coefficient (Wildman–Crippen LogP) is -0.485. The van der Waals surface area contributed by atoms with E-state index >= 15 is 0 Å². The molecule has 0 amide bonds. The maximum atomic E-state index is 2.32. The van der Waals surface area contributed by atoms with E-state index in [9.17, 15) is 0 Å². The minimum Gasteiger partial charge on any atom is -1.00 e. The van der Waals surface area contributed by atoms with Gasteiger partial charge in [-0.25, -0.2) is 9.13 Å². The lowest BCUT2D eigenvalue weighted by Crippen LogP contribution is -3.00. The molecule has 0 atom stereocenters. The highest BCUT2D eigenvalue weighted by atomic mass is 79.9. The van der Waals surface area contributed by atoms with Crippen LogP contribution in [0.2, 0.25) is 0 Å². The highest BCUT2D eigenvalue weighted by Crippen LogP contribution is 2.21. The summed E-state index contributed by atoms with van der Waals surface area (Å²) in [5, 5.41) is 0. The van der Waals surface area contributed by atoms with Crippen molar-refractivity contribution in [1.29, 1.82) is 0 Å². The Morgan fingerprint density at radius 2 is 0.793 bits per heavy atom. The number of pyridine rings is 2. The number of aromatic nitrogens is 2. The molecular weight excluding hydrogens is 488 g/mol. The molecule has 0 N–H and O–H groups in total. The number of unbranched alkanes of at least 4 members (excludes halogenated alkanes) is 4. The average molecular weight is 528 g/mol. The van der Waals surface area contributed by atoms with Crippen LogP contribution in [0.1, 0.15) is 84.8 Å². The number of rotatable bonds is 8. The van der Waals surface area contributed by atoms with Crippen LogP contribution in [0.4, 0.5) is 0 Å². The Hall–Kier alpha value is -0.740. The van der Waals surface area contributed by atoms with Crippen LogP contribution in [-0.4, -0.2) is 0 Å². The topological polar surface area (TPSA) is 7.76 Å². The number of hydrogen-bond donors (Lipinski definition) is 0. The molecule has 0 aliphatic heterocycles. The number of halogens is 2. The first-order chi connectivity index (χ1) is 12.7. The van der Waals surface area contributed by atoms with Gasteiger partial charge in [0.05, 0.1) is 0 Å². The van der Waals surface area contributed by atoms with E-state index in [0.717, 1.165) is 13.1 Å². The molecule has 2 aromatic rings. The molecule has 0 radical (unpaired) electrons. The van der Waals surface area contributed by atoms with Crippen LogP contribution in [0.25, 0.3) is 0 Å². The summed E-state index contributed by atoms with van der Waals surface area (Å²) in [5.41, 5.74) is 3.30. The van der Waals surface area contributed by atoms with Crippen LogP contribution < -0.4 is 43.1 Å². The van der Waals surface area contributed by atoms with E-state index in [2.05, 4.69) is 99.7 Å². The van der Waals surface area contributed by atoms with Gasteiger partial charge in [0.1, 0.15) is 13.1 Å². The summed E-state index contributed by atoms with van der Waals surface area (Å²) in [6.45, 7) is 15.9.